The molecule has 2 aromatic carbocycles. The van der Waals surface area contributed by atoms with E-state index in [1.165, 1.54) is 62.5 Å². The van der Waals surface area contributed by atoms with Gasteiger partial charge in [-0.15, -0.1) is 0 Å². The van der Waals surface area contributed by atoms with Crippen molar-refractivity contribution in [3.8, 4) is 11.5 Å². The van der Waals surface area contributed by atoms with Crippen LogP contribution in [0.25, 0.3) is 0 Å². The van der Waals surface area contributed by atoms with E-state index in [0.29, 0.717) is 11.5 Å². The van der Waals surface area contributed by atoms with E-state index < -0.39 is 7.82 Å². The summed E-state index contributed by atoms with van der Waals surface area (Å²) < 4.78 is 22.9. The molecule has 0 bridgehead atoms. The molecule has 2 rings (SSSR count). The van der Waals surface area contributed by atoms with Gasteiger partial charge in [-0.2, -0.15) is 0 Å². The van der Waals surface area contributed by atoms with E-state index in [1.54, 1.807) is 24.3 Å². The molecule has 4 nitrogen and oxygen atoms in total. The van der Waals surface area contributed by atoms with Gasteiger partial charge in [0, 0.05) is 19.5 Å². The maximum Gasteiger partial charge on any atom is 0.584 e. The van der Waals surface area contributed by atoms with E-state index in [0.717, 1.165) is 25.7 Å². The summed E-state index contributed by atoms with van der Waals surface area (Å²) in [6, 6.07) is 14.7. The summed E-state index contributed by atoms with van der Waals surface area (Å²) in [6.45, 7) is 4.43. The monoisotopic (exact) mass is 510 g/mol. The zero-order valence-corrected chi connectivity index (χ0v) is 23.8. The number of hydrogen-bond donors (Lipinski definition) is 1. The van der Waals surface area contributed by atoms with Crippen molar-refractivity contribution in [3.63, 3.8) is 0 Å². The largest absolute Gasteiger partial charge is 0.584 e. The standard InChI is InChI=1S/C26H39O4P.Zn/c1-3-5-7-9-11-13-23-15-19-25(20-16-23)29-31(27,28)30-26-21-17-24(18-22-26)14-12-10-8-6-4-2;/h15-22H,3-14H2,1-2H3,(H,27,28);. The van der Waals surface area contributed by atoms with Crippen molar-refractivity contribution in [3.05, 3.63) is 59.7 Å². The average Bonchev–Trinajstić information content (AvgIpc) is 2.75. The first-order valence-electron chi connectivity index (χ1n) is 11.9. The van der Waals surface area contributed by atoms with Gasteiger partial charge in [0.2, 0.25) is 0 Å². The summed E-state index contributed by atoms with van der Waals surface area (Å²) in [6.07, 6.45) is 14.5. The number of unbranched alkanes of at least 4 members (excludes halogenated alkanes) is 8. The van der Waals surface area contributed by atoms with Gasteiger partial charge in [0.05, 0.1) is 0 Å². The number of benzene rings is 2. The molecule has 0 aliphatic heterocycles. The molecule has 0 radical (unpaired) electrons. The minimum absolute atomic E-state index is 0. The van der Waals surface area contributed by atoms with E-state index in [1.807, 2.05) is 24.3 Å². The van der Waals surface area contributed by atoms with Gasteiger partial charge in [0.25, 0.3) is 0 Å². The Labute approximate surface area is 207 Å². The Balaban J connectivity index is 0.00000512. The molecule has 2 aromatic rings. The minimum Gasteiger partial charge on any atom is -0.395 e. The first kappa shape index (κ1) is 28.9. The molecule has 0 amide bonds. The molecule has 0 saturated heterocycles. The Morgan fingerprint density at radius 3 is 1.31 bits per heavy atom. The summed E-state index contributed by atoms with van der Waals surface area (Å²) in [5, 5.41) is 0. The van der Waals surface area contributed by atoms with Crippen molar-refractivity contribution in [1.29, 1.82) is 0 Å². The van der Waals surface area contributed by atoms with E-state index in [-0.39, 0.29) is 19.5 Å². The molecule has 174 valence electrons. The van der Waals surface area contributed by atoms with Gasteiger partial charge in [-0.3, -0.25) is 4.89 Å². The van der Waals surface area contributed by atoms with Crippen LogP contribution in [0.2, 0.25) is 0 Å². The van der Waals surface area contributed by atoms with Crippen LogP contribution < -0.4 is 9.05 Å². The quantitative estimate of drug-likeness (QED) is 0.140. The normalized spacial score (nSPS) is 11.1. The van der Waals surface area contributed by atoms with Crippen molar-refractivity contribution >= 4 is 7.82 Å². The average molecular weight is 512 g/mol. The van der Waals surface area contributed by atoms with Crippen LogP contribution in [0.1, 0.15) is 89.2 Å². The fourth-order valence-electron chi connectivity index (χ4n) is 3.58. The van der Waals surface area contributed by atoms with Crippen molar-refractivity contribution < 1.29 is 38.0 Å². The fraction of sp³-hybridized carbons (Fsp3) is 0.538. The van der Waals surface area contributed by atoms with Gasteiger partial charge in [-0.1, -0.05) is 89.5 Å². The smallest absolute Gasteiger partial charge is 0.395 e. The van der Waals surface area contributed by atoms with E-state index in [2.05, 4.69) is 13.8 Å². The minimum atomic E-state index is -4.23. The summed E-state index contributed by atoms with van der Waals surface area (Å²) >= 11 is 0. The Kier molecular flexibility index (Phi) is 14.9. The summed E-state index contributed by atoms with van der Waals surface area (Å²) in [5.74, 6) is 0.675. The third kappa shape index (κ3) is 12.2. The third-order valence-electron chi connectivity index (χ3n) is 5.43. The van der Waals surface area contributed by atoms with Crippen molar-refractivity contribution in [2.45, 2.75) is 90.9 Å². The zero-order valence-electron chi connectivity index (χ0n) is 19.9. The van der Waals surface area contributed by atoms with Crippen LogP contribution >= 0.6 is 7.82 Å². The van der Waals surface area contributed by atoms with Crippen LogP contribution in [-0.4, -0.2) is 4.89 Å². The van der Waals surface area contributed by atoms with Crippen LogP contribution in [0.15, 0.2) is 48.5 Å². The molecule has 6 heteroatoms. The van der Waals surface area contributed by atoms with E-state index in [9.17, 15) is 9.46 Å². The molecule has 0 aliphatic rings. The first-order valence-corrected chi connectivity index (χ1v) is 13.4. The van der Waals surface area contributed by atoms with Crippen LogP contribution in [0.3, 0.4) is 0 Å². The second-order valence-corrected chi connectivity index (χ2v) is 9.57. The number of aryl methyl sites for hydroxylation is 2. The maximum absolute atomic E-state index is 12.4. The van der Waals surface area contributed by atoms with Gasteiger partial charge < -0.3 is 9.05 Å². The fourth-order valence-corrected chi connectivity index (χ4v) is 4.40. The Morgan fingerprint density at radius 1 is 0.625 bits per heavy atom. The Morgan fingerprint density at radius 2 is 0.969 bits per heavy atom. The SMILES string of the molecule is CCCCCCCc1ccc(OP(=O)(O)Oc2ccc(CCCCCCC)cc2)cc1.[Zn]. The molecule has 0 unspecified atom stereocenters. The van der Waals surface area contributed by atoms with Crippen LogP contribution in [0.4, 0.5) is 0 Å². The van der Waals surface area contributed by atoms with Crippen molar-refractivity contribution in [2.24, 2.45) is 0 Å². The number of hydrogen-bond acceptors (Lipinski definition) is 3. The predicted octanol–water partition coefficient (Wildman–Crippen LogP) is 8.27. The maximum atomic E-state index is 12.4. The van der Waals surface area contributed by atoms with Crippen molar-refractivity contribution in [1.82, 2.24) is 0 Å². The summed E-state index contributed by atoms with van der Waals surface area (Å²) in [4.78, 5) is 10.1. The molecular weight excluding hydrogens is 473 g/mol. The van der Waals surface area contributed by atoms with E-state index >= 15 is 0 Å². The molecule has 0 aliphatic carbocycles. The number of phosphoric acid groups is 1. The first-order chi connectivity index (χ1) is 15.0. The van der Waals surface area contributed by atoms with Gasteiger partial charge in [-0.05, 0) is 61.1 Å². The van der Waals surface area contributed by atoms with E-state index in [4.69, 9.17) is 9.05 Å². The molecule has 0 atom stereocenters. The van der Waals surface area contributed by atoms with Gasteiger partial charge in [0.1, 0.15) is 11.5 Å². The number of rotatable bonds is 16. The zero-order chi connectivity index (χ0) is 22.4. The second-order valence-electron chi connectivity index (χ2n) is 8.27. The molecule has 0 saturated carbocycles. The summed E-state index contributed by atoms with van der Waals surface area (Å²) in [5.41, 5.74) is 2.42. The Bertz CT molecular complexity index is 714. The van der Waals surface area contributed by atoms with Gasteiger partial charge in [0.15, 0.2) is 0 Å². The molecule has 32 heavy (non-hydrogen) atoms. The van der Waals surface area contributed by atoms with Gasteiger partial charge >= 0.3 is 7.82 Å². The van der Waals surface area contributed by atoms with Crippen LogP contribution in [-0.2, 0) is 36.9 Å². The molecule has 0 fully saturated rings. The molecule has 1 N–H and O–H groups in total. The molecule has 0 heterocycles. The molecule has 0 aromatic heterocycles. The third-order valence-corrected chi connectivity index (χ3v) is 6.31. The Hall–Kier alpha value is -1.15. The summed E-state index contributed by atoms with van der Waals surface area (Å²) in [7, 11) is -4.23. The topological polar surface area (TPSA) is 55.8 Å². The van der Waals surface area contributed by atoms with Gasteiger partial charge in [-0.25, -0.2) is 4.57 Å². The van der Waals surface area contributed by atoms with Crippen molar-refractivity contribution in [2.75, 3.05) is 0 Å². The second kappa shape index (κ2) is 16.5. The van der Waals surface area contributed by atoms with Crippen LogP contribution in [0, 0.1) is 0 Å². The number of phosphoric ester groups is 1. The van der Waals surface area contributed by atoms with Crippen LogP contribution in [0.5, 0.6) is 11.5 Å². The predicted molar refractivity (Wildman–Crippen MR) is 129 cm³/mol. The molecular formula is C26H39O4PZn. The molecule has 0 spiro atoms.